The molecule has 0 bridgehead atoms. The Morgan fingerprint density at radius 1 is 1.16 bits per heavy atom. The fourth-order valence-electron chi connectivity index (χ4n) is 2.06. The molecule has 0 aliphatic carbocycles. The van der Waals surface area contributed by atoms with Gasteiger partial charge in [0.25, 0.3) is 0 Å². The van der Waals surface area contributed by atoms with Gasteiger partial charge in [-0.3, -0.25) is 0 Å². The minimum Gasteiger partial charge on any atom is -0.377 e. The fourth-order valence-corrected chi connectivity index (χ4v) is 3.81. The Balaban J connectivity index is 4.02. The van der Waals surface area contributed by atoms with Crippen LogP contribution in [0, 0.1) is 0 Å². The molecular formula is C12H31N3O3Si. The van der Waals surface area contributed by atoms with Crippen LogP contribution < -0.4 is 16.4 Å². The highest BCUT2D eigenvalue weighted by Gasteiger charge is 2.37. The van der Waals surface area contributed by atoms with E-state index >= 15 is 0 Å². The molecule has 0 saturated carbocycles. The van der Waals surface area contributed by atoms with Gasteiger partial charge in [0, 0.05) is 53.0 Å². The summed E-state index contributed by atoms with van der Waals surface area (Å²) in [6.45, 7) is 5.55. The molecule has 0 aliphatic rings. The fraction of sp³-hybridized carbons (Fsp3) is 1.00. The van der Waals surface area contributed by atoms with Crippen LogP contribution in [0.1, 0.15) is 19.8 Å². The van der Waals surface area contributed by atoms with Crippen LogP contribution >= 0.6 is 0 Å². The van der Waals surface area contributed by atoms with Crippen molar-refractivity contribution in [3.8, 4) is 0 Å². The minimum atomic E-state index is -2.41. The molecule has 0 aromatic carbocycles. The predicted octanol–water partition coefficient (Wildman–Crippen LogP) is 0.171. The van der Waals surface area contributed by atoms with Gasteiger partial charge in [-0.25, -0.2) is 0 Å². The van der Waals surface area contributed by atoms with Crippen molar-refractivity contribution in [3.63, 3.8) is 0 Å². The smallest absolute Gasteiger partial charge is 0.377 e. The average Bonchev–Trinajstić information content (AvgIpc) is 2.44. The van der Waals surface area contributed by atoms with E-state index in [1.54, 1.807) is 21.3 Å². The summed E-state index contributed by atoms with van der Waals surface area (Å²) >= 11 is 0. The van der Waals surface area contributed by atoms with Crippen molar-refractivity contribution in [1.29, 1.82) is 0 Å². The third-order valence-corrected chi connectivity index (χ3v) is 6.01. The van der Waals surface area contributed by atoms with Crippen LogP contribution in [0.2, 0.25) is 6.04 Å². The summed E-state index contributed by atoms with van der Waals surface area (Å²) in [7, 11) is 2.56. The van der Waals surface area contributed by atoms with Gasteiger partial charge in [0.2, 0.25) is 0 Å². The van der Waals surface area contributed by atoms with Gasteiger partial charge in [-0.2, -0.15) is 0 Å². The van der Waals surface area contributed by atoms with Crippen LogP contribution in [0.5, 0.6) is 0 Å². The maximum absolute atomic E-state index is 5.47. The van der Waals surface area contributed by atoms with Crippen LogP contribution in [-0.4, -0.2) is 62.4 Å². The molecule has 0 fully saturated rings. The number of nitrogens with one attached hydrogen (secondary N) is 2. The SMILES string of the molecule is CCNC(CCC[Si](OC)(OC)OC)CNCCN. The Morgan fingerprint density at radius 3 is 2.26 bits per heavy atom. The molecule has 0 spiro atoms. The number of hydrogen-bond donors (Lipinski definition) is 3. The molecule has 0 rings (SSSR count). The molecule has 7 heteroatoms. The molecule has 0 amide bonds. The molecule has 0 saturated heterocycles. The zero-order valence-electron chi connectivity index (χ0n) is 12.8. The van der Waals surface area contributed by atoms with Gasteiger partial charge in [-0.1, -0.05) is 6.92 Å². The summed E-state index contributed by atoms with van der Waals surface area (Å²) in [5.41, 5.74) is 5.47. The second kappa shape index (κ2) is 11.8. The molecule has 0 aliphatic heterocycles. The molecule has 0 aromatic heterocycles. The van der Waals surface area contributed by atoms with Crippen molar-refractivity contribution in [3.05, 3.63) is 0 Å². The van der Waals surface area contributed by atoms with E-state index in [0.717, 1.165) is 38.5 Å². The number of hydrogen-bond acceptors (Lipinski definition) is 6. The van der Waals surface area contributed by atoms with E-state index in [4.69, 9.17) is 19.0 Å². The Morgan fingerprint density at radius 2 is 1.79 bits per heavy atom. The molecular weight excluding hydrogens is 262 g/mol. The highest BCUT2D eigenvalue weighted by molar-refractivity contribution is 6.60. The normalized spacial score (nSPS) is 13.7. The molecule has 4 N–H and O–H groups in total. The molecule has 0 heterocycles. The molecule has 1 unspecified atom stereocenters. The maximum Gasteiger partial charge on any atom is 0.500 e. The van der Waals surface area contributed by atoms with E-state index in [2.05, 4.69) is 17.6 Å². The Bertz CT molecular complexity index is 198. The van der Waals surface area contributed by atoms with Crippen LogP contribution in [0.15, 0.2) is 0 Å². The Labute approximate surface area is 118 Å². The van der Waals surface area contributed by atoms with E-state index in [1.807, 2.05) is 0 Å². The van der Waals surface area contributed by atoms with Gasteiger partial charge in [-0.05, 0) is 19.4 Å². The Hall–Kier alpha value is -0.0231. The zero-order valence-corrected chi connectivity index (χ0v) is 13.8. The molecule has 6 nitrogen and oxygen atoms in total. The molecule has 0 radical (unpaired) electrons. The minimum absolute atomic E-state index is 0.453. The summed E-state index contributed by atoms with van der Waals surface area (Å²) in [5.74, 6) is 0. The van der Waals surface area contributed by atoms with Gasteiger partial charge in [0.1, 0.15) is 0 Å². The quantitative estimate of drug-likeness (QED) is 0.332. The first-order valence-electron chi connectivity index (χ1n) is 6.97. The van der Waals surface area contributed by atoms with Crippen molar-refractivity contribution in [2.75, 3.05) is 47.5 Å². The second-order valence-corrected chi connectivity index (χ2v) is 7.53. The van der Waals surface area contributed by atoms with E-state index < -0.39 is 8.80 Å². The molecule has 0 aromatic rings. The topological polar surface area (TPSA) is 77.8 Å². The molecule has 116 valence electrons. The van der Waals surface area contributed by atoms with Crippen LogP contribution in [0.3, 0.4) is 0 Å². The van der Waals surface area contributed by atoms with E-state index in [1.165, 1.54) is 0 Å². The van der Waals surface area contributed by atoms with Crippen LogP contribution in [-0.2, 0) is 13.3 Å². The standard InChI is InChI=1S/C12H31N3O3Si/c1-5-15-12(11-14-9-8-13)7-6-10-19(16-2,17-3)18-4/h12,14-15H,5-11,13H2,1-4H3. The largest absolute Gasteiger partial charge is 0.500 e. The first kappa shape index (κ1) is 19.0. The maximum atomic E-state index is 5.47. The highest BCUT2D eigenvalue weighted by Crippen LogP contribution is 2.17. The number of likely N-dealkylation sites (N-methyl/N-ethyl adjacent to an activating group) is 1. The van der Waals surface area contributed by atoms with Crippen molar-refractivity contribution in [1.82, 2.24) is 10.6 Å². The van der Waals surface area contributed by atoms with Gasteiger partial charge in [0.15, 0.2) is 0 Å². The second-order valence-electron chi connectivity index (χ2n) is 4.44. The van der Waals surface area contributed by atoms with Gasteiger partial charge in [-0.15, -0.1) is 0 Å². The highest BCUT2D eigenvalue weighted by atomic mass is 28.4. The monoisotopic (exact) mass is 293 g/mol. The lowest BCUT2D eigenvalue weighted by Gasteiger charge is -2.25. The van der Waals surface area contributed by atoms with Crippen molar-refractivity contribution in [2.45, 2.75) is 31.9 Å². The lowest BCUT2D eigenvalue weighted by Crippen LogP contribution is -2.44. The summed E-state index contributed by atoms with van der Waals surface area (Å²) in [4.78, 5) is 0. The van der Waals surface area contributed by atoms with Crippen molar-refractivity contribution >= 4 is 8.80 Å². The lowest BCUT2D eigenvalue weighted by atomic mass is 10.1. The van der Waals surface area contributed by atoms with Crippen molar-refractivity contribution < 1.29 is 13.3 Å². The summed E-state index contributed by atoms with van der Waals surface area (Å²) < 4.78 is 16.3. The lowest BCUT2D eigenvalue weighted by molar-refractivity contribution is 0.122. The first-order chi connectivity index (χ1) is 9.17. The summed E-state index contributed by atoms with van der Waals surface area (Å²) in [6.07, 6.45) is 2.08. The predicted molar refractivity (Wildman–Crippen MR) is 80.2 cm³/mol. The summed E-state index contributed by atoms with van der Waals surface area (Å²) in [5, 5.41) is 6.81. The van der Waals surface area contributed by atoms with Gasteiger partial charge < -0.3 is 29.6 Å². The third kappa shape index (κ3) is 7.98. The van der Waals surface area contributed by atoms with E-state index in [9.17, 15) is 0 Å². The van der Waals surface area contributed by atoms with Crippen LogP contribution in [0.25, 0.3) is 0 Å². The zero-order chi connectivity index (χ0) is 14.6. The molecule has 19 heavy (non-hydrogen) atoms. The first-order valence-corrected chi connectivity index (χ1v) is 8.90. The summed E-state index contributed by atoms with van der Waals surface area (Å²) in [6, 6.07) is 1.30. The van der Waals surface area contributed by atoms with E-state index in [-0.39, 0.29) is 0 Å². The molecule has 1 atom stereocenters. The van der Waals surface area contributed by atoms with Crippen molar-refractivity contribution in [2.24, 2.45) is 5.73 Å². The number of nitrogens with two attached hydrogens (primary N) is 1. The van der Waals surface area contributed by atoms with Crippen LogP contribution in [0.4, 0.5) is 0 Å². The third-order valence-electron chi connectivity index (χ3n) is 3.17. The van der Waals surface area contributed by atoms with Gasteiger partial charge >= 0.3 is 8.80 Å². The average molecular weight is 293 g/mol. The number of rotatable bonds is 13. The van der Waals surface area contributed by atoms with E-state index in [0.29, 0.717) is 12.6 Å². The Kier molecular flexibility index (Phi) is 11.8. The van der Waals surface area contributed by atoms with Gasteiger partial charge in [0.05, 0.1) is 0 Å².